The summed E-state index contributed by atoms with van der Waals surface area (Å²) in [4.78, 5) is 21.7. The molecule has 0 atom stereocenters. The molecule has 0 bridgehead atoms. The summed E-state index contributed by atoms with van der Waals surface area (Å²) in [5.74, 6) is 0. The molecule has 0 fully saturated rings. The van der Waals surface area contributed by atoms with Crippen molar-refractivity contribution >= 4 is 41.1 Å². The van der Waals surface area contributed by atoms with Gasteiger partial charge in [-0.05, 0) is 24.5 Å². The molecule has 5 nitrogen and oxygen atoms in total. The molecule has 1 amide bonds. The lowest BCUT2D eigenvalue weighted by atomic mass is 9.99. The molecule has 120 valence electrons. The molecule has 1 aromatic heterocycles. The Balaban J connectivity index is 2.17. The minimum absolute atomic E-state index is 0.258. The van der Waals surface area contributed by atoms with E-state index in [1.165, 1.54) is 16.7 Å². The van der Waals surface area contributed by atoms with Gasteiger partial charge in [-0.3, -0.25) is 0 Å². The maximum absolute atomic E-state index is 11.3. The summed E-state index contributed by atoms with van der Waals surface area (Å²) in [5.41, 5.74) is 3.09. The van der Waals surface area contributed by atoms with Gasteiger partial charge in [-0.15, -0.1) is 0 Å². The molecule has 3 rings (SSSR count). The second-order valence-electron chi connectivity index (χ2n) is 5.06. The standard InChI is InChI=1S/C15H13Cl2N3O2S/c1-23-14-18-12-4-5-20(15(21)22)7-10(12)13(19-14)9-3-2-8(16)6-11(9)17/h2-3,6H,4-5,7H2,1H3,(H,21,22). The SMILES string of the molecule is CSc1nc2c(c(-c3ccc(Cl)cc3Cl)n1)CN(C(=O)O)CC2. The highest BCUT2D eigenvalue weighted by Gasteiger charge is 2.26. The van der Waals surface area contributed by atoms with E-state index in [-0.39, 0.29) is 6.54 Å². The van der Waals surface area contributed by atoms with Crippen LogP contribution in [0.2, 0.25) is 10.0 Å². The van der Waals surface area contributed by atoms with Crippen molar-refractivity contribution in [3.63, 3.8) is 0 Å². The van der Waals surface area contributed by atoms with Gasteiger partial charge in [0.05, 0.1) is 23.0 Å². The number of hydrogen-bond donors (Lipinski definition) is 1. The van der Waals surface area contributed by atoms with Crippen LogP contribution in [0.5, 0.6) is 0 Å². The first kappa shape index (κ1) is 16.4. The van der Waals surface area contributed by atoms with Crippen LogP contribution in [0.15, 0.2) is 23.4 Å². The van der Waals surface area contributed by atoms with Crippen LogP contribution in [0.3, 0.4) is 0 Å². The molecule has 1 aliphatic rings. The number of fused-ring (bicyclic) bond motifs is 1. The minimum atomic E-state index is -0.947. The van der Waals surface area contributed by atoms with Gasteiger partial charge in [-0.2, -0.15) is 0 Å². The molecule has 2 heterocycles. The molecule has 1 aliphatic heterocycles. The zero-order valence-corrected chi connectivity index (χ0v) is 14.5. The lowest BCUT2D eigenvalue weighted by Gasteiger charge is -2.27. The lowest BCUT2D eigenvalue weighted by Crippen LogP contribution is -2.35. The molecule has 0 unspecified atom stereocenters. The van der Waals surface area contributed by atoms with Crippen LogP contribution in [-0.4, -0.2) is 38.9 Å². The van der Waals surface area contributed by atoms with Crippen LogP contribution in [0.1, 0.15) is 11.3 Å². The van der Waals surface area contributed by atoms with Gasteiger partial charge in [0.2, 0.25) is 0 Å². The number of thioether (sulfide) groups is 1. The smallest absolute Gasteiger partial charge is 0.407 e. The summed E-state index contributed by atoms with van der Waals surface area (Å²) in [5, 5.41) is 10.9. The highest BCUT2D eigenvalue weighted by Crippen LogP contribution is 2.35. The van der Waals surface area contributed by atoms with E-state index >= 15 is 0 Å². The molecule has 1 aromatic carbocycles. The molecule has 0 aliphatic carbocycles. The third-order valence-electron chi connectivity index (χ3n) is 3.68. The first-order chi connectivity index (χ1) is 11.0. The van der Waals surface area contributed by atoms with Gasteiger partial charge in [0.15, 0.2) is 5.16 Å². The highest BCUT2D eigenvalue weighted by molar-refractivity contribution is 7.98. The van der Waals surface area contributed by atoms with E-state index in [9.17, 15) is 9.90 Å². The first-order valence-corrected chi connectivity index (χ1v) is 8.84. The van der Waals surface area contributed by atoms with Crippen molar-refractivity contribution in [2.24, 2.45) is 0 Å². The summed E-state index contributed by atoms with van der Waals surface area (Å²) in [6, 6.07) is 5.20. The Bertz CT molecular complexity index is 786. The fourth-order valence-electron chi connectivity index (χ4n) is 2.55. The number of amides is 1. The molecule has 0 saturated carbocycles. The van der Waals surface area contributed by atoms with Crippen molar-refractivity contribution in [2.75, 3.05) is 12.8 Å². The second kappa shape index (κ2) is 6.55. The summed E-state index contributed by atoms with van der Waals surface area (Å²) in [6.07, 6.45) is 1.52. The van der Waals surface area contributed by atoms with E-state index in [0.717, 1.165) is 16.8 Å². The van der Waals surface area contributed by atoms with Crippen molar-refractivity contribution in [2.45, 2.75) is 18.1 Å². The van der Waals surface area contributed by atoms with Gasteiger partial charge in [0, 0.05) is 29.1 Å². The quantitative estimate of drug-likeness (QED) is 0.634. The molecule has 0 radical (unpaired) electrons. The van der Waals surface area contributed by atoms with Gasteiger partial charge in [0.25, 0.3) is 0 Å². The fourth-order valence-corrected chi connectivity index (χ4v) is 3.43. The number of halogens is 2. The fraction of sp³-hybridized carbons (Fsp3) is 0.267. The molecule has 2 aromatic rings. The Morgan fingerprint density at radius 3 is 2.78 bits per heavy atom. The van der Waals surface area contributed by atoms with Gasteiger partial charge >= 0.3 is 6.09 Å². The number of carboxylic acid groups (broad SMARTS) is 1. The number of hydrogen-bond acceptors (Lipinski definition) is 4. The van der Waals surface area contributed by atoms with E-state index < -0.39 is 6.09 Å². The summed E-state index contributed by atoms with van der Waals surface area (Å²) in [7, 11) is 0. The van der Waals surface area contributed by atoms with Crippen molar-refractivity contribution < 1.29 is 9.90 Å². The maximum Gasteiger partial charge on any atom is 0.407 e. The Morgan fingerprint density at radius 1 is 1.35 bits per heavy atom. The molecule has 0 saturated heterocycles. The van der Waals surface area contributed by atoms with Crippen LogP contribution in [0, 0.1) is 0 Å². The summed E-state index contributed by atoms with van der Waals surface area (Å²) in [6.45, 7) is 0.689. The third kappa shape index (κ3) is 3.24. The van der Waals surface area contributed by atoms with E-state index in [4.69, 9.17) is 23.2 Å². The predicted molar refractivity (Wildman–Crippen MR) is 91.4 cm³/mol. The third-order valence-corrected chi connectivity index (χ3v) is 4.77. The number of aromatic nitrogens is 2. The van der Waals surface area contributed by atoms with Crippen molar-refractivity contribution in [3.05, 3.63) is 39.5 Å². The van der Waals surface area contributed by atoms with Crippen LogP contribution in [-0.2, 0) is 13.0 Å². The minimum Gasteiger partial charge on any atom is -0.465 e. The van der Waals surface area contributed by atoms with Gasteiger partial charge < -0.3 is 10.0 Å². The number of carbonyl (C=O) groups is 1. The highest BCUT2D eigenvalue weighted by atomic mass is 35.5. The average molecular weight is 370 g/mol. The van der Waals surface area contributed by atoms with Crippen LogP contribution in [0.25, 0.3) is 11.3 Å². The van der Waals surface area contributed by atoms with Crippen molar-refractivity contribution in [3.8, 4) is 11.3 Å². The Hall–Kier alpha value is -1.50. The van der Waals surface area contributed by atoms with Crippen LogP contribution in [0.4, 0.5) is 4.79 Å². The zero-order chi connectivity index (χ0) is 16.6. The first-order valence-electron chi connectivity index (χ1n) is 6.86. The molecule has 23 heavy (non-hydrogen) atoms. The predicted octanol–water partition coefficient (Wildman–Crippen LogP) is 4.21. The zero-order valence-electron chi connectivity index (χ0n) is 12.2. The van der Waals surface area contributed by atoms with E-state index in [0.29, 0.717) is 33.9 Å². The second-order valence-corrected chi connectivity index (χ2v) is 6.68. The number of nitrogens with zero attached hydrogens (tertiary/aromatic N) is 3. The lowest BCUT2D eigenvalue weighted by molar-refractivity contribution is 0.139. The van der Waals surface area contributed by atoms with Gasteiger partial charge in [0.1, 0.15) is 0 Å². The molecule has 1 N–H and O–H groups in total. The maximum atomic E-state index is 11.3. The van der Waals surface area contributed by atoms with Crippen molar-refractivity contribution in [1.29, 1.82) is 0 Å². The summed E-state index contributed by atoms with van der Waals surface area (Å²) < 4.78 is 0. The van der Waals surface area contributed by atoms with E-state index in [1.54, 1.807) is 18.2 Å². The van der Waals surface area contributed by atoms with Crippen molar-refractivity contribution in [1.82, 2.24) is 14.9 Å². The van der Waals surface area contributed by atoms with Crippen LogP contribution < -0.4 is 0 Å². The Labute approximate surface area is 147 Å². The number of benzene rings is 1. The van der Waals surface area contributed by atoms with Gasteiger partial charge in [-0.25, -0.2) is 14.8 Å². The largest absolute Gasteiger partial charge is 0.465 e. The monoisotopic (exact) mass is 369 g/mol. The van der Waals surface area contributed by atoms with E-state index in [2.05, 4.69) is 9.97 Å². The topological polar surface area (TPSA) is 66.3 Å². The van der Waals surface area contributed by atoms with Crippen LogP contribution >= 0.6 is 35.0 Å². The molecular formula is C15H13Cl2N3O2S. The summed E-state index contributed by atoms with van der Waals surface area (Å²) >= 11 is 13.7. The van der Waals surface area contributed by atoms with E-state index in [1.807, 2.05) is 6.26 Å². The Kier molecular flexibility index (Phi) is 4.66. The molecular weight excluding hydrogens is 357 g/mol. The number of rotatable bonds is 2. The molecule has 0 spiro atoms. The average Bonchev–Trinajstić information content (AvgIpc) is 2.53. The Morgan fingerprint density at radius 2 is 2.13 bits per heavy atom. The van der Waals surface area contributed by atoms with Gasteiger partial charge in [-0.1, -0.05) is 35.0 Å². The molecule has 8 heteroatoms. The normalized spacial score (nSPS) is 13.8.